The number of hydrogen-bond acceptors (Lipinski definition) is 3. The topological polar surface area (TPSA) is 54.7 Å². The maximum absolute atomic E-state index is 5.95. The monoisotopic (exact) mass is 261 g/mol. The molecule has 3 rings (SSSR count). The lowest BCUT2D eigenvalue weighted by atomic mass is 9.86. The average Bonchev–Trinajstić information content (AvgIpc) is 2.98. The molecule has 3 nitrogen and oxygen atoms in total. The summed E-state index contributed by atoms with van der Waals surface area (Å²) in [5, 5.41) is 2.13. The molecule has 96 valence electrons. The van der Waals surface area contributed by atoms with Gasteiger partial charge in [0.1, 0.15) is 5.82 Å². The third kappa shape index (κ3) is 2.22. The summed E-state index contributed by atoms with van der Waals surface area (Å²) in [6, 6.07) is 2.55. The van der Waals surface area contributed by atoms with Gasteiger partial charge >= 0.3 is 0 Å². The van der Waals surface area contributed by atoms with Gasteiger partial charge in [-0.15, -0.1) is 11.3 Å². The summed E-state index contributed by atoms with van der Waals surface area (Å²) in [5.74, 6) is 1.71. The first-order chi connectivity index (χ1) is 8.74. The van der Waals surface area contributed by atoms with Gasteiger partial charge in [0.05, 0.1) is 16.8 Å². The van der Waals surface area contributed by atoms with E-state index in [-0.39, 0.29) is 0 Å². The van der Waals surface area contributed by atoms with E-state index in [1.54, 1.807) is 11.3 Å². The van der Waals surface area contributed by atoms with Crippen LogP contribution in [-0.4, -0.2) is 16.0 Å². The summed E-state index contributed by atoms with van der Waals surface area (Å²) in [6.45, 7) is 2.14. The van der Waals surface area contributed by atoms with Crippen molar-refractivity contribution in [3.8, 4) is 10.6 Å². The largest absolute Gasteiger partial charge is 0.341 e. The SMILES string of the molecule is Cc1ccsc1-c1cnc(C2CCC(N)CC2)[nH]1. The number of thiophene rings is 1. The molecule has 3 N–H and O–H groups in total. The normalized spacial score (nSPS) is 24.3. The minimum Gasteiger partial charge on any atom is -0.341 e. The predicted octanol–water partition coefficient (Wildman–Crippen LogP) is 3.43. The van der Waals surface area contributed by atoms with E-state index in [4.69, 9.17) is 5.73 Å². The fourth-order valence-corrected chi connectivity index (χ4v) is 3.59. The number of aromatic amines is 1. The summed E-state index contributed by atoms with van der Waals surface area (Å²) >= 11 is 1.77. The summed E-state index contributed by atoms with van der Waals surface area (Å²) in [6.07, 6.45) is 6.55. The van der Waals surface area contributed by atoms with E-state index in [9.17, 15) is 0 Å². The summed E-state index contributed by atoms with van der Waals surface area (Å²) in [4.78, 5) is 9.38. The van der Waals surface area contributed by atoms with Crippen LogP contribution in [0, 0.1) is 6.92 Å². The zero-order valence-corrected chi connectivity index (χ0v) is 11.5. The van der Waals surface area contributed by atoms with Gasteiger partial charge in [0.2, 0.25) is 0 Å². The molecular formula is C14H19N3S. The zero-order valence-electron chi connectivity index (χ0n) is 10.6. The first-order valence-electron chi connectivity index (χ1n) is 6.59. The number of rotatable bonds is 2. The van der Waals surface area contributed by atoms with Crippen LogP contribution in [0.2, 0.25) is 0 Å². The molecule has 0 radical (unpaired) electrons. The first-order valence-corrected chi connectivity index (χ1v) is 7.47. The molecule has 0 unspecified atom stereocenters. The van der Waals surface area contributed by atoms with Crippen molar-refractivity contribution < 1.29 is 0 Å². The molecule has 0 saturated heterocycles. The molecule has 1 fully saturated rings. The van der Waals surface area contributed by atoms with Crippen molar-refractivity contribution in [3.05, 3.63) is 29.0 Å². The molecule has 0 amide bonds. The van der Waals surface area contributed by atoms with Crippen LogP contribution >= 0.6 is 11.3 Å². The number of imidazole rings is 1. The fraction of sp³-hybridized carbons (Fsp3) is 0.500. The molecular weight excluding hydrogens is 242 g/mol. The van der Waals surface area contributed by atoms with Crippen LogP contribution < -0.4 is 5.73 Å². The number of hydrogen-bond donors (Lipinski definition) is 2. The summed E-state index contributed by atoms with van der Waals surface area (Å²) in [7, 11) is 0. The number of aryl methyl sites for hydroxylation is 1. The van der Waals surface area contributed by atoms with Crippen molar-refractivity contribution >= 4 is 11.3 Å². The second-order valence-electron chi connectivity index (χ2n) is 5.23. The highest BCUT2D eigenvalue weighted by molar-refractivity contribution is 7.13. The van der Waals surface area contributed by atoms with Gasteiger partial charge in [-0.1, -0.05) is 0 Å². The number of aromatic nitrogens is 2. The second-order valence-corrected chi connectivity index (χ2v) is 6.14. The molecule has 1 saturated carbocycles. The van der Waals surface area contributed by atoms with E-state index in [1.165, 1.54) is 10.4 Å². The van der Waals surface area contributed by atoms with E-state index in [2.05, 4.69) is 28.3 Å². The molecule has 18 heavy (non-hydrogen) atoms. The van der Waals surface area contributed by atoms with Gasteiger partial charge in [0.15, 0.2) is 0 Å². The minimum absolute atomic E-state index is 0.398. The van der Waals surface area contributed by atoms with Crippen LogP contribution in [0.15, 0.2) is 17.6 Å². The van der Waals surface area contributed by atoms with Gasteiger partial charge in [-0.2, -0.15) is 0 Å². The fourth-order valence-electron chi connectivity index (χ4n) is 2.70. The van der Waals surface area contributed by atoms with Crippen molar-refractivity contribution in [2.24, 2.45) is 5.73 Å². The van der Waals surface area contributed by atoms with Crippen molar-refractivity contribution in [2.45, 2.75) is 44.6 Å². The Morgan fingerprint density at radius 3 is 2.78 bits per heavy atom. The first kappa shape index (κ1) is 11.9. The third-order valence-corrected chi connectivity index (χ3v) is 4.91. The highest BCUT2D eigenvalue weighted by atomic mass is 32.1. The lowest BCUT2D eigenvalue weighted by molar-refractivity contribution is 0.386. The molecule has 0 aromatic carbocycles. The van der Waals surface area contributed by atoms with Gasteiger partial charge < -0.3 is 10.7 Å². The molecule has 0 atom stereocenters. The third-order valence-electron chi connectivity index (χ3n) is 3.86. The minimum atomic E-state index is 0.398. The van der Waals surface area contributed by atoms with Crippen LogP contribution in [0.4, 0.5) is 0 Å². The Labute approximate surface area is 111 Å². The van der Waals surface area contributed by atoms with Crippen LogP contribution in [0.1, 0.15) is 43.0 Å². The Hall–Kier alpha value is -1.13. The van der Waals surface area contributed by atoms with E-state index in [0.717, 1.165) is 37.2 Å². The lowest BCUT2D eigenvalue weighted by Crippen LogP contribution is -2.26. The van der Waals surface area contributed by atoms with Gasteiger partial charge in [0.25, 0.3) is 0 Å². The van der Waals surface area contributed by atoms with Gasteiger partial charge in [-0.3, -0.25) is 0 Å². The predicted molar refractivity (Wildman–Crippen MR) is 75.8 cm³/mol. The Kier molecular flexibility index (Phi) is 3.22. The van der Waals surface area contributed by atoms with E-state index in [0.29, 0.717) is 12.0 Å². The second kappa shape index (κ2) is 4.86. The molecule has 4 heteroatoms. The summed E-state index contributed by atoms with van der Waals surface area (Å²) < 4.78 is 0. The standard InChI is InChI=1S/C14H19N3S/c1-9-6-7-18-13(9)12-8-16-14(17-12)10-2-4-11(15)5-3-10/h6-8,10-11H,2-5,15H2,1H3,(H,16,17). The average molecular weight is 261 g/mol. The molecule has 1 aliphatic rings. The Morgan fingerprint density at radius 1 is 1.33 bits per heavy atom. The molecule has 2 aromatic rings. The van der Waals surface area contributed by atoms with Gasteiger partial charge in [-0.05, 0) is 49.6 Å². The lowest BCUT2D eigenvalue weighted by Gasteiger charge is -2.24. The van der Waals surface area contributed by atoms with Crippen LogP contribution in [0.25, 0.3) is 10.6 Å². The highest BCUT2D eigenvalue weighted by Crippen LogP contribution is 2.33. The quantitative estimate of drug-likeness (QED) is 0.870. The maximum Gasteiger partial charge on any atom is 0.109 e. The van der Waals surface area contributed by atoms with E-state index >= 15 is 0 Å². The number of H-pyrrole nitrogens is 1. The van der Waals surface area contributed by atoms with Crippen molar-refractivity contribution in [1.82, 2.24) is 9.97 Å². The maximum atomic E-state index is 5.95. The summed E-state index contributed by atoms with van der Waals surface area (Å²) in [5.41, 5.74) is 8.43. The van der Waals surface area contributed by atoms with Crippen LogP contribution in [0.3, 0.4) is 0 Å². The smallest absolute Gasteiger partial charge is 0.109 e. The molecule has 2 heterocycles. The number of nitrogens with two attached hydrogens (primary N) is 1. The van der Waals surface area contributed by atoms with Gasteiger partial charge in [0, 0.05) is 12.0 Å². The Morgan fingerprint density at radius 2 is 2.11 bits per heavy atom. The van der Waals surface area contributed by atoms with Crippen LogP contribution in [0.5, 0.6) is 0 Å². The molecule has 0 spiro atoms. The van der Waals surface area contributed by atoms with Crippen molar-refractivity contribution in [1.29, 1.82) is 0 Å². The van der Waals surface area contributed by atoms with Crippen molar-refractivity contribution in [3.63, 3.8) is 0 Å². The zero-order chi connectivity index (χ0) is 12.5. The van der Waals surface area contributed by atoms with E-state index in [1.807, 2.05) is 6.20 Å². The van der Waals surface area contributed by atoms with Gasteiger partial charge in [-0.25, -0.2) is 4.98 Å². The number of nitrogens with zero attached hydrogens (tertiary/aromatic N) is 1. The Bertz CT molecular complexity index is 521. The Balaban J connectivity index is 1.80. The highest BCUT2D eigenvalue weighted by Gasteiger charge is 2.22. The molecule has 1 aliphatic carbocycles. The van der Waals surface area contributed by atoms with Crippen molar-refractivity contribution in [2.75, 3.05) is 0 Å². The molecule has 0 bridgehead atoms. The number of nitrogens with one attached hydrogen (secondary N) is 1. The van der Waals surface area contributed by atoms with Crippen LogP contribution in [-0.2, 0) is 0 Å². The molecule has 0 aliphatic heterocycles. The van der Waals surface area contributed by atoms with E-state index < -0.39 is 0 Å². The molecule has 2 aromatic heterocycles.